The van der Waals surface area contributed by atoms with E-state index in [1.807, 2.05) is 13.0 Å². The fourth-order valence-corrected chi connectivity index (χ4v) is 3.08. The first-order valence-electron chi connectivity index (χ1n) is 7.72. The minimum absolute atomic E-state index is 0.133. The molecule has 0 unspecified atom stereocenters. The summed E-state index contributed by atoms with van der Waals surface area (Å²) in [6.07, 6.45) is 1.75. The zero-order valence-corrected chi connectivity index (χ0v) is 15.0. The van der Waals surface area contributed by atoms with Gasteiger partial charge in [-0.25, -0.2) is 0 Å². The van der Waals surface area contributed by atoms with Crippen LogP contribution in [0.25, 0.3) is 0 Å². The lowest BCUT2D eigenvalue weighted by molar-refractivity contribution is 0.102. The maximum atomic E-state index is 12.2. The Bertz CT molecular complexity index is 704. The second-order valence-corrected chi connectivity index (χ2v) is 6.89. The number of H-pyrrole nitrogens is 1. The van der Waals surface area contributed by atoms with Gasteiger partial charge in [-0.2, -0.15) is 0 Å². The highest BCUT2D eigenvalue weighted by Gasteiger charge is 2.15. The van der Waals surface area contributed by atoms with Crippen molar-refractivity contribution in [3.05, 3.63) is 46.2 Å². The molecule has 0 radical (unpaired) electrons. The summed E-state index contributed by atoms with van der Waals surface area (Å²) in [7, 11) is 2.15. The Morgan fingerprint density at radius 3 is 2.57 bits per heavy atom. The normalized spacial score (nSPS) is 15.7. The van der Waals surface area contributed by atoms with Crippen LogP contribution in [-0.2, 0) is 0 Å². The molecule has 2 N–H and O–H groups in total. The number of amides is 1. The van der Waals surface area contributed by atoms with Gasteiger partial charge in [-0.3, -0.25) is 4.79 Å². The number of aromatic amines is 1. The fourth-order valence-electron chi connectivity index (χ4n) is 2.74. The van der Waals surface area contributed by atoms with Crippen LogP contribution in [0.4, 0.5) is 11.4 Å². The number of halogens is 1. The van der Waals surface area contributed by atoms with Crippen molar-refractivity contribution in [2.75, 3.05) is 43.4 Å². The molecule has 1 aliphatic heterocycles. The van der Waals surface area contributed by atoms with Gasteiger partial charge < -0.3 is 20.1 Å². The van der Waals surface area contributed by atoms with Crippen molar-refractivity contribution in [2.24, 2.45) is 0 Å². The molecular formula is C17H21BrN4O. The quantitative estimate of drug-likeness (QED) is 0.865. The standard InChI is InChI=1S/C17H21BrN4O/c1-12-9-14(22-7-5-21(2)6-8-22)3-4-15(12)20-17(23)16-10-13(18)11-19-16/h3-4,9-11,19H,5-8H2,1-2H3,(H,20,23). The largest absolute Gasteiger partial charge is 0.369 e. The predicted octanol–water partition coefficient (Wildman–Crippen LogP) is 3.09. The molecule has 0 saturated carbocycles. The van der Waals surface area contributed by atoms with Crippen molar-refractivity contribution >= 4 is 33.2 Å². The third kappa shape index (κ3) is 3.76. The number of benzene rings is 1. The number of aryl methyl sites for hydroxylation is 1. The summed E-state index contributed by atoms with van der Waals surface area (Å²) in [5, 5.41) is 2.96. The molecule has 0 aliphatic carbocycles. The lowest BCUT2D eigenvalue weighted by Crippen LogP contribution is -2.44. The third-order valence-corrected chi connectivity index (χ3v) is 4.68. The van der Waals surface area contributed by atoms with Crippen molar-refractivity contribution in [1.82, 2.24) is 9.88 Å². The number of carbonyl (C=O) groups is 1. The van der Waals surface area contributed by atoms with Gasteiger partial charge in [-0.1, -0.05) is 0 Å². The summed E-state index contributed by atoms with van der Waals surface area (Å²) in [6.45, 7) is 6.27. The second-order valence-electron chi connectivity index (χ2n) is 5.98. The highest BCUT2D eigenvalue weighted by atomic mass is 79.9. The lowest BCUT2D eigenvalue weighted by atomic mass is 10.1. The molecule has 1 amide bonds. The smallest absolute Gasteiger partial charge is 0.272 e. The molecule has 5 nitrogen and oxygen atoms in total. The maximum Gasteiger partial charge on any atom is 0.272 e. The average Bonchev–Trinajstić information content (AvgIpc) is 2.97. The Labute approximate surface area is 144 Å². The number of likely N-dealkylation sites (N-methyl/N-ethyl adjacent to an activating group) is 1. The molecule has 0 atom stereocenters. The Morgan fingerprint density at radius 1 is 1.22 bits per heavy atom. The molecule has 122 valence electrons. The molecule has 23 heavy (non-hydrogen) atoms. The maximum absolute atomic E-state index is 12.2. The molecule has 2 heterocycles. The number of hydrogen-bond acceptors (Lipinski definition) is 3. The van der Waals surface area contributed by atoms with Crippen LogP contribution >= 0.6 is 15.9 Å². The van der Waals surface area contributed by atoms with Crippen molar-refractivity contribution in [3.8, 4) is 0 Å². The first-order chi connectivity index (χ1) is 11.0. The predicted molar refractivity (Wildman–Crippen MR) is 97.3 cm³/mol. The summed E-state index contributed by atoms with van der Waals surface area (Å²) in [6, 6.07) is 7.98. The van der Waals surface area contributed by atoms with Crippen molar-refractivity contribution in [1.29, 1.82) is 0 Å². The first kappa shape index (κ1) is 16.1. The van der Waals surface area contributed by atoms with Crippen LogP contribution in [0.15, 0.2) is 34.9 Å². The SMILES string of the molecule is Cc1cc(N2CCN(C)CC2)ccc1NC(=O)c1cc(Br)c[nH]1. The highest BCUT2D eigenvalue weighted by molar-refractivity contribution is 9.10. The Balaban J connectivity index is 1.71. The van der Waals surface area contributed by atoms with E-state index in [4.69, 9.17) is 0 Å². The summed E-state index contributed by atoms with van der Waals surface area (Å²) in [5.74, 6) is -0.133. The molecular weight excluding hydrogens is 356 g/mol. The van der Waals surface area contributed by atoms with E-state index in [9.17, 15) is 4.79 Å². The molecule has 1 aromatic carbocycles. The van der Waals surface area contributed by atoms with Crippen LogP contribution in [-0.4, -0.2) is 49.0 Å². The van der Waals surface area contributed by atoms with Crippen molar-refractivity contribution in [2.45, 2.75) is 6.92 Å². The summed E-state index contributed by atoms with van der Waals surface area (Å²) >= 11 is 3.34. The summed E-state index contributed by atoms with van der Waals surface area (Å²) in [5.41, 5.74) is 3.68. The topological polar surface area (TPSA) is 51.4 Å². The van der Waals surface area contributed by atoms with Crippen LogP contribution in [0.3, 0.4) is 0 Å². The van der Waals surface area contributed by atoms with Crippen LogP contribution in [0, 0.1) is 6.92 Å². The zero-order valence-electron chi connectivity index (χ0n) is 13.4. The van der Waals surface area contributed by atoms with E-state index in [0.29, 0.717) is 5.69 Å². The number of nitrogens with zero attached hydrogens (tertiary/aromatic N) is 2. The van der Waals surface area contributed by atoms with Gasteiger partial charge >= 0.3 is 0 Å². The third-order valence-electron chi connectivity index (χ3n) is 4.22. The zero-order chi connectivity index (χ0) is 16.4. The second kappa shape index (κ2) is 6.76. The molecule has 1 saturated heterocycles. The van der Waals surface area contributed by atoms with Gasteiger partial charge in [-0.15, -0.1) is 0 Å². The molecule has 0 spiro atoms. The Kier molecular flexibility index (Phi) is 4.73. The van der Waals surface area contributed by atoms with E-state index in [1.54, 1.807) is 12.3 Å². The Hall–Kier alpha value is -1.79. The number of nitrogens with one attached hydrogen (secondary N) is 2. The van der Waals surface area contributed by atoms with E-state index in [2.05, 4.69) is 55.2 Å². The number of piperazine rings is 1. The molecule has 2 aromatic rings. The van der Waals surface area contributed by atoms with Gasteiger partial charge in [0.15, 0.2) is 0 Å². The van der Waals surface area contributed by atoms with Gasteiger partial charge in [0.1, 0.15) is 5.69 Å². The number of aromatic nitrogens is 1. The van der Waals surface area contributed by atoms with Crippen molar-refractivity contribution in [3.63, 3.8) is 0 Å². The van der Waals surface area contributed by atoms with Crippen LogP contribution in [0.1, 0.15) is 16.1 Å². The minimum atomic E-state index is -0.133. The Morgan fingerprint density at radius 2 is 1.96 bits per heavy atom. The summed E-state index contributed by atoms with van der Waals surface area (Å²) in [4.78, 5) is 19.9. The van der Waals surface area contributed by atoms with E-state index >= 15 is 0 Å². The van der Waals surface area contributed by atoms with Gasteiger partial charge in [0.2, 0.25) is 0 Å². The minimum Gasteiger partial charge on any atom is -0.369 e. The van der Waals surface area contributed by atoms with Crippen LogP contribution in [0.2, 0.25) is 0 Å². The van der Waals surface area contributed by atoms with Gasteiger partial charge in [0.25, 0.3) is 5.91 Å². The van der Waals surface area contributed by atoms with Gasteiger partial charge in [0.05, 0.1) is 0 Å². The molecule has 3 rings (SSSR count). The van der Waals surface area contributed by atoms with E-state index in [0.717, 1.165) is 41.9 Å². The summed E-state index contributed by atoms with van der Waals surface area (Å²) < 4.78 is 0.866. The van der Waals surface area contributed by atoms with Crippen LogP contribution < -0.4 is 10.2 Å². The molecule has 1 aromatic heterocycles. The molecule has 1 fully saturated rings. The molecule has 6 heteroatoms. The van der Waals surface area contributed by atoms with Crippen LogP contribution in [0.5, 0.6) is 0 Å². The van der Waals surface area contributed by atoms with E-state index in [1.165, 1.54) is 5.69 Å². The number of rotatable bonds is 3. The van der Waals surface area contributed by atoms with Gasteiger partial charge in [-0.05, 0) is 59.7 Å². The monoisotopic (exact) mass is 376 g/mol. The van der Waals surface area contributed by atoms with Gasteiger partial charge in [0, 0.05) is 48.2 Å². The highest BCUT2D eigenvalue weighted by Crippen LogP contribution is 2.24. The number of carbonyl (C=O) groups excluding carboxylic acids is 1. The molecule has 1 aliphatic rings. The first-order valence-corrected chi connectivity index (χ1v) is 8.51. The van der Waals surface area contributed by atoms with E-state index < -0.39 is 0 Å². The number of anilines is 2. The van der Waals surface area contributed by atoms with E-state index in [-0.39, 0.29) is 5.91 Å². The number of hydrogen-bond donors (Lipinski definition) is 2. The lowest BCUT2D eigenvalue weighted by Gasteiger charge is -2.34. The van der Waals surface area contributed by atoms with Crippen molar-refractivity contribution < 1.29 is 4.79 Å². The average molecular weight is 377 g/mol. The fraction of sp³-hybridized carbons (Fsp3) is 0.353. The molecule has 0 bridgehead atoms.